The second-order valence-corrected chi connectivity index (χ2v) is 7.41. The SMILES string of the molecule is NCCOCCCC(=O)CCCCC1CCSS1. The molecule has 0 aliphatic carbocycles. The molecule has 2 N–H and O–H groups in total. The van der Waals surface area contributed by atoms with Gasteiger partial charge in [-0.2, -0.15) is 0 Å². The van der Waals surface area contributed by atoms with Crippen LogP contribution in [0, 0.1) is 0 Å². The smallest absolute Gasteiger partial charge is 0.132 e. The monoisotopic (exact) mass is 291 g/mol. The Morgan fingerprint density at radius 1 is 1.22 bits per heavy atom. The summed E-state index contributed by atoms with van der Waals surface area (Å²) >= 11 is 0. The third kappa shape index (κ3) is 8.40. The van der Waals surface area contributed by atoms with Gasteiger partial charge in [0, 0.05) is 37.0 Å². The number of rotatable bonds is 11. The van der Waals surface area contributed by atoms with E-state index in [1.54, 1.807) is 0 Å². The Kier molecular flexibility index (Phi) is 10.1. The molecule has 0 radical (unpaired) electrons. The molecule has 0 saturated carbocycles. The number of nitrogens with two attached hydrogens (primary N) is 1. The summed E-state index contributed by atoms with van der Waals surface area (Å²) in [5.74, 6) is 1.69. The maximum absolute atomic E-state index is 11.6. The molecule has 0 bridgehead atoms. The Hall–Kier alpha value is 0.290. The van der Waals surface area contributed by atoms with Crippen LogP contribution in [0.2, 0.25) is 0 Å². The highest BCUT2D eigenvalue weighted by Gasteiger charge is 2.15. The Morgan fingerprint density at radius 2 is 2.06 bits per heavy atom. The van der Waals surface area contributed by atoms with Crippen molar-refractivity contribution in [2.75, 3.05) is 25.5 Å². The molecule has 0 amide bonds. The van der Waals surface area contributed by atoms with E-state index < -0.39 is 0 Å². The molecule has 18 heavy (non-hydrogen) atoms. The molecule has 0 aromatic heterocycles. The Labute approximate surface area is 118 Å². The van der Waals surface area contributed by atoms with E-state index in [-0.39, 0.29) is 0 Å². The molecule has 1 rings (SSSR count). The summed E-state index contributed by atoms with van der Waals surface area (Å²) in [6.45, 7) is 1.83. The number of ketones is 1. The molecule has 1 aliphatic heterocycles. The summed E-state index contributed by atoms with van der Waals surface area (Å²) in [6.07, 6.45) is 7.15. The zero-order valence-electron chi connectivity index (χ0n) is 11.1. The van der Waals surface area contributed by atoms with Gasteiger partial charge in [-0.05, 0) is 25.7 Å². The number of hydrogen-bond donors (Lipinski definition) is 1. The lowest BCUT2D eigenvalue weighted by Crippen LogP contribution is -2.09. The van der Waals surface area contributed by atoms with Crippen LogP contribution in [-0.4, -0.2) is 36.5 Å². The Bertz CT molecular complexity index is 221. The first-order valence-corrected chi connectivity index (χ1v) is 9.29. The van der Waals surface area contributed by atoms with Crippen LogP contribution >= 0.6 is 21.6 Å². The van der Waals surface area contributed by atoms with E-state index in [0.717, 1.165) is 24.5 Å². The van der Waals surface area contributed by atoms with Crippen LogP contribution in [0.15, 0.2) is 0 Å². The predicted octanol–water partition coefficient (Wildman–Crippen LogP) is 3.03. The number of Topliss-reactive ketones (excluding diaryl/α,β-unsaturated/α-hetero) is 1. The molecule has 1 aliphatic rings. The molecule has 106 valence electrons. The van der Waals surface area contributed by atoms with Crippen molar-refractivity contribution in [3.8, 4) is 0 Å². The van der Waals surface area contributed by atoms with Crippen LogP contribution in [0.25, 0.3) is 0 Å². The predicted molar refractivity (Wildman–Crippen MR) is 81.0 cm³/mol. The van der Waals surface area contributed by atoms with Crippen LogP contribution in [0.4, 0.5) is 0 Å². The van der Waals surface area contributed by atoms with Crippen molar-refractivity contribution in [2.24, 2.45) is 5.73 Å². The fourth-order valence-corrected chi connectivity index (χ4v) is 4.97. The first-order chi connectivity index (χ1) is 8.83. The first-order valence-electron chi connectivity index (χ1n) is 6.90. The maximum atomic E-state index is 11.6. The highest BCUT2D eigenvalue weighted by Crippen LogP contribution is 2.39. The van der Waals surface area contributed by atoms with Crippen molar-refractivity contribution in [3.05, 3.63) is 0 Å². The van der Waals surface area contributed by atoms with Gasteiger partial charge in [-0.25, -0.2) is 0 Å². The van der Waals surface area contributed by atoms with Gasteiger partial charge in [0.1, 0.15) is 5.78 Å². The number of carbonyl (C=O) groups is 1. The molecule has 0 spiro atoms. The van der Waals surface area contributed by atoms with Crippen molar-refractivity contribution in [2.45, 2.75) is 50.2 Å². The van der Waals surface area contributed by atoms with Crippen molar-refractivity contribution in [3.63, 3.8) is 0 Å². The van der Waals surface area contributed by atoms with Gasteiger partial charge < -0.3 is 10.5 Å². The Balaban J connectivity index is 1.84. The minimum absolute atomic E-state index is 0.389. The van der Waals surface area contributed by atoms with E-state index in [1.807, 2.05) is 21.6 Å². The zero-order chi connectivity index (χ0) is 13.1. The molecule has 0 aromatic rings. The van der Waals surface area contributed by atoms with Gasteiger partial charge >= 0.3 is 0 Å². The summed E-state index contributed by atoms with van der Waals surface area (Å²) in [5, 5.41) is 0.842. The maximum Gasteiger partial charge on any atom is 0.132 e. The van der Waals surface area contributed by atoms with Gasteiger partial charge in [0.15, 0.2) is 0 Å². The molecular weight excluding hydrogens is 266 g/mol. The molecule has 0 aromatic carbocycles. The third-order valence-corrected chi connectivity index (χ3v) is 5.97. The van der Waals surface area contributed by atoms with E-state index in [9.17, 15) is 4.79 Å². The minimum Gasteiger partial charge on any atom is -0.380 e. The lowest BCUT2D eigenvalue weighted by atomic mass is 10.1. The zero-order valence-corrected chi connectivity index (χ0v) is 12.7. The number of ether oxygens (including phenoxy) is 1. The van der Waals surface area contributed by atoms with Gasteiger partial charge in [-0.3, -0.25) is 4.79 Å². The summed E-state index contributed by atoms with van der Waals surface area (Å²) in [5.41, 5.74) is 5.31. The molecule has 1 heterocycles. The number of carbonyl (C=O) groups excluding carboxylic acids is 1. The minimum atomic E-state index is 0.389. The highest BCUT2D eigenvalue weighted by atomic mass is 33.1. The van der Waals surface area contributed by atoms with E-state index in [4.69, 9.17) is 10.5 Å². The largest absolute Gasteiger partial charge is 0.380 e. The normalized spacial score (nSPS) is 19.3. The highest BCUT2D eigenvalue weighted by molar-refractivity contribution is 8.77. The summed E-state index contributed by atoms with van der Waals surface area (Å²) in [4.78, 5) is 11.6. The molecule has 3 nitrogen and oxygen atoms in total. The quantitative estimate of drug-likeness (QED) is 0.468. The van der Waals surface area contributed by atoms with Crippen LogP contribution < -0.4 is 5.73 Å². The fraction of sp³-hybridized carbons (Fsp3) is 0.923. The van der Waals surface area contributed by atoms with E-state index >= 15 is 0 Å². The van der Waals surface area contributed by atoms with E-state index in [1.165, 1.54) is 25.0 Å². The van der Waals surface area contributed by atoms with Gasteiger partial charge in [0.2, 0.25) is 0 Å². The standard InChI is InChI=1S/C13H25NO2S2/c14-8-10-16-9-3-5-12(15)4-1-2-6-13-7-11-17-18-13/h13H,1-11,14H2. The lowest BCUT2D eigenvalue weighted by molar-refractivity contribution is -0.119. The van der Waals surface area contributed by atoms with E-state index in [0.29, 0.717) is 32.0 Å². The fourth-order valence-electron chi connectivity index (χ4n) is 1.94. The van der Waals surface area contributed by atoms with Gasteiger partial charge in [0.25, 0.3) is 0 Å². The van der Waals surface area contributed by atoms with E-state index in [2.05, 4.69) is 0 Å². The summed E-state index contributed by atoms with van der Waals surface area (Å²) < 4.78 is 5.24. The number of unbranched alkanes of at least 4 members (excludes halogenated alkanes) is 1. The lowest BCUT2D eigenvalue weighted by Gasteiger charge is -2.06. The van der Waals surface area contributed by atoms with Crippen LogP contribution in [0.1, 0.15) is 44.9 Å². The van der Waals surface area contributed by atoms with Crippen molar-refractivity contribution < 1.29 is 9.53 Å². The van der Waals surface area contributed by atoms with Gasteiger partial charge in [-0.15, -0.1) is 0 Å². The average molecular weight is 291 g/mol. The average Bonchev–Trinajstić information content (AvgIpc) is 2.87. The second kappa shape index (κ2) is 11.1. The second-order valence-electron chi connectivity index (χ2n) is 4.62. The third-order valence-electron chi connectivity index (χ3n) is 2.97. The van der Waals surface area contributed by atoms with Crippen LogP contribution in [0.5, 0.6) is 0 Å². The van der Waals surface area contributed by atoms with Crippen molar-refractivity contribution in [1.82, 2.24) is 0 Å². The Morgan fingerprint density at radius 3 is 2.78 bits per heavy atom. The molecular formula is C13H25NO2S2. The van der Waals surface area contributed by atoms with Gasteiger partial charge in [0.05, 0.1) is 6.61 Å². The molecule has 1 atom stereocenters. The summed E-state index contributed by atoms with van der Waals surface area (Å²) in [7, 11) is 4.02. The van der Waals surface area contributed by atoms with Crippen molar-refractivity contribution >= 4 is 27.4 Å². The topological polar surface area (TPSA) is 52.3 Å². The van der Waals surface area contributed by atoms with Gasteiger partial charge in [-0.1, -0.05) is 28.0 Å². The van der Waals surface area contributed by atoms with Crippen LogP contribution in [-0.2, 0) is 9.53 Å². The number of hydrogen-bond acceptors (Lipinski definition) is 5. The molecule has 1 fully saturated rings. The first kappa shape index (κ1) is 16.3. The molecule has 1 saturated heterocycles. The van der Waals surface area contributed by atoms with Crippen molar-refractivity contribution in [1.29, 1.82) is 0 Å². The summed E-state index contributed by atoms with van der Waals surface area (Å²) in [6, 6.07) is 0. The van der Waals surface area contributed by atoms with Crippen LogP contribution in [0.3, 0.4) is 0 Å². The molecule has 1 unspecified atom stereocenters. The molecule has 5 heteroatoms.